The second-order valence-electron chi connectivity index (χ2n) is 5.86. The van der Waals surface area contributed by atoms with Crippen LogP contribution in [-0.2, 0) is 27.9 Å². The predicted octanol–water partition coefficient (Wildman–Crippen LogP) is 1.14. The van der Waals surface area contributed by atoms with Crippen LogP contribution in [0, 0.1) is 0 Å². The van der Waals surface area contributed by atoms with Crippen molar-refractivity contribution in [3.8, 4) is 5.75 Å². The van der Waals surface area contributed by atoms with Gasteiger partial charge in [-0.25, -0.2) is 13.6 Å². The van der Waals surface area contributed by atoms with Crippen molar-refractivity contribution in [3.05, 3.63) is 59.7 Å². The van der Waals surface area contributed by atoms with Gasteiger partial charge in [0.25, 0.3) is 0 Å². The van der Waals surface area contributed by atoms with E-state index in [9.17, 15) is 13.2 Å². The van der Waals surface area contributed by atoms with E-state index in [1.807, 2.05) is 24.3 Å². The van der Waals surface area contributed by atoms with Crippen molar-refractivity contribution in [1.29, 1.82) is 0 Å². The lowest BCUT2D eigenvalue weighted by Crippen LogP contribution is -2.41. The highest BCUT2D eigenvalue weighted by Gasteiger charge is 2.12. The summed E-state index contributed by atoms with van der Waals surface area (Å²) < 4.78 is 27.5. The summed E-state index contributed by atoms with van der Waals surface area (Å²) in [5.41, 5.74) is 1.83. The molecule has 0 aliphatic carbocycles. The molecule has 2 rings (SSSR count). The Morgan fingerprint density at radius 1 is 1.04 bits per heavy atom. The summed E-state index contributed by atoms with van der Waals surface area (Å²) in [6.07, 6.45) is 0. The largest absolute Gasteiger partial charge is 0.497 e. The minimum atomic E-state index is -3.69. The van der Waals surface area contributed by atoms with Crippen LogP contribution in [0.4, 0.5) is 0 Å². The topological polar surface area (TPSA) is 111 Å². The third-order valence-electron chi connectivity index (χ3n) is 3.88. The lowest BCUT2D eigenvalue weighted by atomic mass is 10.2. The summed E-state index contributed by atoms with van der Waals surface area (Å²) in [4.78, 5) is 12.2. The van der Waals surface area contributed by atoms with Crippen LogP contribution in [0.1, 0.15) is 18.1 Å². The quantitative estimate of drug-likeness (QED) is 0.639. The van der Waals surface area contributed by atoms with Crippen molar-refractivity contribution in [2.75, 3.05) is 7.11 Å². The van der Waals surface area contributed by atoms with E-state index in [2.05, 4.69) is 10.6 Å². The molecule has 7 nitrogen and oxygen atoms in total. The van der Waals surface area contributed by atoms with Gasteiger partial charge < -0.3 is 15.4 Å². The molecule has 1 amide bonds. The number of amides is 1. The van der Waals surface area contributed by atoms with E-state index in [0.29, 0.717) is 13.1 Å². The molecule has 0 saturated carbocycles. The van der Waals surface area contributed by atoms with Gasteiger partial charge in [0.15, 0.2) is 0 Å². The van der Waals surface area contributed by atoms with Crippen molar-refractivity contribution >= 4 is 15.9 Å². The highest BCUT2D eigenvalue weighted by molar-refractivity contribution is 7.89. The number of carbonyl (C=O) groups is 1. The number of nitrogens with one attached hydrogen (secondary N) is 2. The molecule has 0 aliphatic rings. The van der Waals surface area contributed by atoms with Crippen molar-refractivity contribution < 1.29 is 17.9 Å². The molecule has 2 aromatic carbocycles. The first-order valence-corrected chi connectivity index (χ1v) is 9.60. The Kier molecular flexibility index (Phi) is 6.73. The molecule has 1 atom stereocenters. The molecule has 0 radical (unpaired) electrons. The average Bonchev–Trinajstić information content (AvgIpc) is 2.64. The standard InChI is InChI=1S/C18H23N3O4S/c1-13(18(22)21-12-14-3-7-16(25-2)8-4-14)20-11-15-5-9-17(10-6-15)26(19,23)24/h3-10,13,20H,11-12H2,1-2H3,(H,21,22)(H2,19,23,24)/t13-/m1/s1. The molecule has 4 N–H and O–H groups in total. The molecule has 0 bridgehead atoms. The Morgan fingerprint density at radius 2 is 1.58 bits per heavy atom. The Morgan fingerprint density at radius 3 is 2.12 bits per heavy atom. The number of rotatable bonds is 8. The fourth-order valence-corrected chi connectivity index (χ4v) is 2.76. The van der Waals surface area contributed by atoms with Gasteiger partial charge in [-0.15, -0.1) is 0 Å². The Balaban J connectivity index is 1.81. The monoisotopic (exact) mass is 377 g/mol. The van der Waals surface area contributed by atoms with Gasteiger partial charge >= 0.3 is 0 Å². The molecule has 0 heterocycles. The third kappa shape index (κ3) is 5.83. The number of primary sulfonamides is 1. The molecular formula is C18H23N3O4S. The van der Waals surface area contributed by atoms with Crippen LogP contribution in [0.5, 0.6) is 5.75 Å². The van der Waals surface area contributed by atoms with E-state index < -0.39 is 16.1 Å². The van der Waals surface area contributed by atoms with Gasteiger partial charge in [-0.2, -0.15) is 0 Å². The summed E-state index contributed by atoms with van der Waals surface area (Å²) in [6.45, 7) is 2.63. The summed E-state index contributed by atoms with van der Waals surface area (Å²) in [5.74, 6) is 0.644. The van der Waals surface area contributed by atoms with Crippen LogP contribution < -0.4 is 20.5 Å². The van der Waals surface area contributed by atoms with E-state index in [1.54, 1.807) is 26.2 Å². The average molecular weight is 377 g/mol. The number of nitrogens with two attached hydrogens (primary N) is 1. The smallest absolute Gasteiger partial charge is 0.238 e. The summed E-state index contributed by atoms with van der Waals surface area (Å²) >= 11 is 0. The molecular weight excluding hydrogens is 354 g/mol. The second kappa shape index (κ2) is 8.79. The van der Waals surface area contributed by atoms with Crippen LogP contribution in [0.3, 0.4) is 0 Å². The van der Waals surface area contributed by atoms with E-state index in [-0.39, 0.29) is 10.8 Å². The first kappa shape index (κ1) is 19.9. The molecule has 0 fully saturated rings. The molecule has 8 heteroatoms. The second-order valence-corrected chi connectivity index (χ2v) is 7.42. The maximum Gasteiger partial charge on any atom is 0.238 e. The summed E-state index contributed by atoms with van der Waals surface area (Å²) in [6, 6.07) is 13.3. The predicted molar refractivity (Wildman–Crippen MR) is 99.0 cm³/mol. The molecule has 0 spiro atoms. The molecule has 140 valence electrons. The summed E-state index contributed by atoms with van der Waals surface area (Å²) in [7, 11) is -2.09. The van der Waals surface area contributed by atoms with Gasteiger partial charge in [0.1, 0.15) is 5.75 Å². The Bertz CT molecular complexity index is 834. The van der Waals surface area contributed by atoms with E-state index in [1.165, 1.54) is 12.1 Å². The Labute approximate surface area is 153 Å². The highest BCUT2D eigenvalue weighted by atomic mass is 32.2. The van der Waals surface area contributed by atoms with Gasteiger partial charge in [0.2, 0.25) is 15.9 Å². The minimum absolute atomic E-state index is 0.0616. The number of hydrogen-bond acceptors (Lipinski definition) is 5. The molecule has 26 heavy (non-hydrogen) atoms. The fourth-order valence-electron chi connectivity index (χ4n) is 2.25. The molecule has 0 aliphatic heterocycles. The number of methoxy groups -OCH3 is 1. The number of ether oxygens (including phenoxy) is 1. The van der Waals surface area contributed by atoms with E-state index in [4.69, 9.17) is 9.88 Å². The van der Waals surface area contributed by atoms with Crippen LogP contribution in [0.25, 0.3) is 0 Å². The summed E-state index contributed by atoms with van der Waals surface area (Å²) in [5, 5.41) is 11.0. The molecule has 2 aromatic rings. The van der Waals surface area contributed by atoms with Crippen LogP contribution >= 0.6 is 0 Å². The van der Waals surface area contributed by atoms with Gasteiger partial charge in [0.05, 0.1) is 18.0 Å². The van der Waals surface area contributed by atoms with Crippen LogP contribution in [-0.4, -0.2) is 27.5 Å². The third-order valence-corrected chi connectivity index (χ3v) is 4.81. The number of benzene rings is 2. The maximum absolute atomic E-state index is 12.2. The highest BCUT2D eigenvalue weighted by Crippen LogP contribution is 2.11. The molecule has 0 aromatic heterocycles. The zero-order valence-electron chi connectivity index (χ0n) is 14.7. The Hall–Kier alpha value is -2.42. The lowest BCUT2D eigenvalue weighted by Gasteiger charge is -2.14. The van der Waals surface area contributed by atoms with Crippen LogP contribution in [0.2, 0.25) is 0 Å². The number of hydrogen-bond donors (Lipinski definition) is 3. The van der Waals surface area contributed by atoms with Crippen molar-refractivity contribution in [2.45, 2.75) is 31.0 Å². The van der Waals surface area contributed by atoms with E-state index in [0.717, 1.165) is 16.9 Å². The van der Waals surface area contributed by atoms with Crippen LogP contribution in [0.15, 0.2) is 53.4 Å². The normalized spacial score (nSPS) is 12.4. The lowest BCUT2D eigenvalue weighted by molar-refractivity contribution is -0.122. The number of carbonyl (C=O) groups excluding carboxylic acids is 1. The first-order valence-electron chi connectivity index (χ1n) is 8.05. The fraction of sp³-hybridized carbons (Fsp3) is 0.278. The van der Waals surface area contributed by atoms with Gasteiger partial charge in [-0.1, -0.05) is 24.3 Å². The zero-order chi connectivity index (χ0) is 19.2. The minimum Gasteiger partial charge on any atom is -0.497 e. The van der Waals surface area contributed by atoms with E-state index >= 15 is 0 Å². The molecule has 0 saturated heterocycles. The van der Waals surface area contributed by atoms with Gasteiger partial charge in [-0.05, 0) is 42.3 Å². The van der Waals surface area contributed by atoms with Crippen molar-refractivity contribution in [2.24, 2.45) is 5.14 Å². The first-order chi connectivity index (χ1) is 12.3. The van der Waals surface area contributed by atoms with Crippen molar-refractivity contribution in [1.82, 2.24) is 10.6 Å². The van der Waals surface area contributed by atoms with Gasteiger partial charge in [0, 0.05) is 13.1 Å². The zero-order valence-corrected chi connectivity index (χ0v) is 15.5. The van der Waals surface area contributed by atoms with Gasteiger partial charge in [-0.3, -0.25) is 4.79 Å². The molecule has 0 unspecified atom stereocenters. The maximum atomic E-state index is 12.2. The number of sulfonamides is 1. The van der Waals surface area contributed by atoms with Crippen molar-refractivity contribution in [3.63, 3.8) is 0 Å². The SMILES string of the molecule is COc1ccc(CNC(=O)[C@@H](C)NCc2ccc(S(N)(=O)=O)cc2)cc1.